The quantitative estimate of drug-likeness (QED) is 0.460. The Kier molecular flexibility index (Phi) is 8.73. The molecule has 39 heavy (non-hydrogen) atoms. The molecule has 0 aromatic carbocycles. The van der Waals surface area contributed by atoms with Crippen molar-refractivity contribution in [2.75, 3.05) is 44.1 Å². The molecule has 0 bridgehead atoms. The Hall–Kier alpha value is -3.68. The molecular weight excluding hydrogens is 526 g/mol. The van der Waals surface area contributed by atoms with Gasteiger partial charge in [0, 0.05) is 43.4 Å². The summed E-state index contributed by atoms with van der Waals surface area (Å²) in [5.41, 5.74) is 0.315. The van der Waals surface area contributed by atoms with Crippen LogP contribution in [0.5, 0.6) is 11.9 Å². The summed E-state index contributed by atoms with van der Waals surface area (Å²) >= 11 is 1.39. The molecular formula is C25H35N7O6S. The summed E-state index contributed by atoms with van der Waals surface area (Å²) in [4.78, 5) is 55.5. The van der Waals surface area contributed by atoms with Crippen molar-refractivity contribution in [2.45, 2.75) is 64.6 Å². The SMILES string of the molecule is COc1cc(N2CCc3nc(NC(=O)NCCC(=O)N4CCC[C@H]4C(=O)OC(C)(C)C)sc3C2)nc(OC)n1. The second kappa shape index (κ2) is 12.0. The van der Waals surface area contributed by atoms with Gasteiger partial charge < -0.3 is 29.3 Å². The van der Waals surface area contributed by atoms with Crippen LogP contribution in [0.15, 0.2) is 6.07 Å². The molecule has 14 heteroatoms. The van der Waals surface area contributed by atoms with Gasteiger partial charge in [0.15, 0.2) is 5.13 Å². The minimum atomic E-state index is -0.613. The smallest absolute Gasteiger partial charge is 0.329 e. The first-order chi connectivity index (χ1) is 18.6. The summed E-state index contributed by atoms with van der Waals surface area (Å²) in [7, 11) is 3.04. The number of carbonyl (C=O) groups excluding carboxylic acids is 3. The Morgan fingerprint density at radius 2 is 1.92 bits per heavy atom. The van der Waals surface area contributed by atoms with Crippen LogP contribution in [0.4, 0.5) is 15.7 Å². The van der Waals surface area contributed by atoms with Gasteiger partial charge in [0.2, 0.25) is 11.8 Å². The largest absolute Gasteiger partial charge is 0.481 e. The average molecular weight is 562 g/mol. The molecule has 2 aromatic heterocycles. The van der Waals surface area contributed by atoms with Gasteiger partial charge in [0.1, 0.15) is 17.5 Å². The fourth-order valence-corrected chi connectivity index (χ4v) is 5.46. The summed E-state index contributed by atoms with van der Waals surface area (Å²) in [5, 5.41) is 5.95. The van der Waals surface area contributed by atoms with E-state index in [0.29, 0.717) is 49.3 Å². The highest BCUT2D eigenvalue weighted by Crippen LogP contribution is 2.31. The van der Waals surface area contributed by atoms with E-state index in [1.54, 1.807) is 31.7 Å². The van der Waals surface area contributed by atoms with E-state index in [4.69, 9.17) is 14.2 Å². The van der Waals surface area contributed by atoms with Gasteiger partial charge in [-0.3, -0.25) is 10.1 Å². The van der Waals surface area contributed by atoms with Crippen LogP contribution in [0.25, 0.3) is 0 Å². The molecule has 0 aliphatic carbocycles. The summed E-state index contributed by atoms with van der Waals surface area (Å²) in [6, 6.07) is 0.958. The molecule has 13 nitrogen and oxygen atoms in total. The Balaban J connectivity index is 1.27. The monoisotopic (exact) mass is 561 g/mol. The summed E-state index contributed by atoms with van der Waals surface area (Å²) < 4.78 is 15.9. The number of aromatic nitrogens is 3. The highest BCUT2D eigenvalue weighted by atomic mass is 32.1. The van der Waals surface area contributed by atoms with Gasteiger partial charge in [-0.15, -0.1) is 0 Å². The van der Waals surface area contributed by atoms with Crippen molar-refractivity contribution >= 4 is 40.2 Å². The van der Waals surface area contributed by atoms with Crippen molar-refractivity contribution in [1.82, 2.24) is 25.2 Å². The molecule has 1 saturated heterocycles. The second-order valence-corrected chi connectivity index (χ2v) is 11.3. The molecule has 1 atom stereocenters. The molecule has 2 aliphatic rings. The van der Waals surface area contributed by atoms with Crippen molar-refractivity contribution < 1.29 is 28.6 Å². The average Bonchev–Trinajstić information content (AvgIpc) is 3.54. The highest BCUT2D eigenvalue weighted by molar-refractivity contribution is 7.15. The van der Waals surface area contributed by atoms with Gasteiger partial charge >= 0.3 is 18.0 Å². The first kappa shape index (κ1) is 28.3. The lowest BCUT2D eigenvalue weighted by molar-refractivity contribution is -0.163. The molecule has 0 saturated carbocycles. The summed E-state index contributed by atoms with van der Waals surface area (Å²) in [6.07, 6.45) is 2.10. The van der Waals surface area contributed by atoms with Crippen LogP contribution in [0, 0.1) is 0 Å². The number of rotatable bonds is 8. The van der Waals surface area contributed by atoms with E-state index in [-0.39, 0.29) is 30.9 Å². The third kappa shape index (κ3) is 7.25. The molecule has 2 N–H and O–H groups in total. The number of hydrogen-bond acceptors (Lipinski definition) is 11. The molecule has 4 rings (SSSR count). The molecule has 3 amide bonds. The lowest BCUT2D eigenvalue weighted by atomic mass is 10.1. The van der Waals surface area contributed by atoms with E-state index in [1.165, 1.54) is 25.6 Å². The Labute approximate surface area is 231 Å². The standard InChI is InChI=1S/C25H35N7O6S/c1-25(2,3)38-21(34)16-7-6-11-32(16)20(33)8-10-26-22(35)30-24-27-15-9-12-31(14-17(15)39-24)18-13-19(36-4)29-23(28-18)37-5/h13,16H,6-12,14H2,1-5H3,(H2,26,27,30,35)/t16-/m0/s1. The number of anilines is 2. The van der Waals surface area contributed by atoms with E-state index < -0.39 is 17.7 Å². The van der Waals surface area contributed by atoms with Gasteiger partial charge in [-0.05, 0) is 33.6 Å². The number of urea groups is 1. The highest BCUT2D eigenvalue weighted by Gasteiger charge is 2.36. The van der Waals surface area contributed by atoms with Gasteiger partial charge in [0.25, 0.3) is 0 Å². The van der Waals surface area contributed by atoms with E-state index in [9.17, 15) is 14.4 Å². The van der Waals surface area contributed by atoms with E-state index in [2.05, 4.69) is 30.5 Å². The van der Waals surface area contributed by atoms with Gasteiger partial charge in [-0.1, -0.05) is 11.3 Å². The number of ether oxygens (including phenoxy) is 3. The first-order valence-corrected chi connectivity index (χ1v) is 13.7. The number of hydrogen-bond donors (Lipinski definition) is 2. The van der Waals surface area contributed by atoms with Gasteiger partial charge in [-0.25, -0.2) is 14.6 Å². The Bertz CT molecular complexity index is 1190. The third-order valence-corrected chi connectivity index (χ3v) is 7.21. The van der Waals surface area contributed by atoms with Crippen molar-refractivity contribution in [3.8, 4) is 11.9 Å². The number of likely N-dealkylation sites (tertiary alicyclic amines) is 1. The predicted octanol–water partition coefficient (Wildman–Crippen LogP) is 2.36. The zero-order valence-corrected chi connectivity index (χ0v) is 23.7. The minimum Gasteiger partial charge on any atom is -0.481 e. The third-order valence-electron chi connectivity index (χ3n) is 6.21. The van der Waals surface area contributed by atoms with Crippen LogP contribution < -0.4 is 25.0 Å². The molecule has 2 aliphatic heterocycles. The van der Waals surface area contributed by atoms with E-state index in [1.807, 2.05) is 0 Å². The number of methoxy groups -OCH3 is 2. The van der Waals surface area contributed by atoms with Crippen LogP contribution in [0.1, 0.15) is 50.6 Å². The molecule has 0 spiro atoms. The number of nitrogens with one attached hydrogen (secondary N) is 2. The zero-order valence-electron chi connectivity index (χ0n) is 22.9. The lowest BCUT2D eigenvalue weighted by Gasteiger charge is -2.27. The van der Waals surface area contributed by atoms with Crippen molar-refractivity contribution in [3.05, 3.63) is 16.6 Å². The molecule has 212 valence electrons. The normalized spacial score (nSPS) is 16.9. The van der Waals surface area contributed by atoms with Crippen molar-refractivity contribution in [2.24, 2.45) is 0 Å². The number of esters is 1. The molecule has 4 heterocycles. The second-order valence-electron chi connectivity index (χ2n) is 10.2. The van der Waals surface area contributed by atoms with E-state index >= 15 is 0 Å². The molecule has 1 fully saturated rings. The molecule has 0 unspecified atom stereocenters. The van der Waals surface area contributed by atoms with Gasteiger partial charge in [-0.2, -0.15) is 9.97 Å². The van der Waals surface area contributed by atoms with Crippen LogP contribution in [0.2, 0.25) is 0 Å². The number of nitrogens with zero attached hydrogens (tertiary/aromatic N) is 5. The predicted molar refractivity (Wildman–Crippen MR) is 144 cm³/mol. The maximum absolute atomic E-state index is 12.7. The number of carbonyl (C=O) groups is 3. The maximum atomic E-state index is 12.7. The molecule has 2 aromatic rings. The lowest BCUT2D eigenvalue weighted by Crippen LogP contribution is -2.44. The van der Waals surface area contributed by atoms with Crippen LogP contribution in [0.3, 0.4) is 0 Å². The Morgan fingerprint density at radius 3 is 2.64 bits per heavy atom. The van der Waals surface area contributed by atoms with Gasteiger partial charge in [0.05, 0.1) is 26.5 Å². The fourth-order valence-electron chi connectivity index (χ4n) is 4.44. The van der Waals surface area contributed by atoms with Crippen LogP contribution >= 0.6 is 11.3 Å². The fraction of sp³-hybridized carbons (Fsp3) is 0.600. The van der Waals surface area contributed by atoms with Crippen molar-refractivity contribution in [3.63, 3.8) is 0 Å². The zero-order chi connectivity index (χ0) is 28.2. The summed E-state index contributed by atoms with van der Waals surface area (Å²) in [6.45, 7) is 7.31. The van der Waals surface area contributed by atoms with E-state index in [0.717, 1.165) is 17.0 Å². The minimum absolute atomic E-state index is 0.0852. The first-order valence-electron chi connectivity index (χ1n) is 12.8. The topological polar surface area (TPSA) is 148 Å². The van der Waals surface area contributed by atoms with Crippen LogP contribution in [-0.2, 0) is 27.3 Å². The van der Waals surface area contributed by atoms with Crippen LogP contribution in [-0.4, -0.2) is 83.3 Å². The summed E-state index contributed by atoms with van der Waals surface area (Å²) in [5.74, 6) is 0.519. The maximum Gasteiger partial charge on any atom is 0.329 e. The Morgan fingerprint density at radius 1 is 1.13 bits per heavy atom. The van der Waals surface area contributed by atoms with Crippen molar-refractivity contribution in [1.29, 1.82) is 0 Å². The number of fused-ring (bicyclic) bond motifs is 1. The number of amides is 3. The molecule has 0 radical (unpaired) electrons. The number of thiazole rings is 1.